The standard InChI is InChI=1S/C29H47N7O5/c1-3-18(2)25(28(39)35-24(29(40)41)16-19-17-33-22-12-5-4-10-20(19)22)36-27(38)23(13-7-9-15-31)34-26(37)21(32)11-6-8-14-30/h4-5,10,12,17-18,21,23-25,33H,3,6-9,11,13-16,30-32H2,1-2H3,(H,34,37)(H,35,39)(H,36,38)(H,40,41). The second-order valence-electron chi connectivity index (χ2n) is 10.6. The van der Waals surface area contributed by atoms with Crippen LogP contribution in [0.2, 0.25) is 0 Å². The molecular weight excluding hydrogens is 526 g/mol. The van der Waals surface area contributed by atoms with Crippen LogP contribution in [0.3, 0.4) is 0 Å². The minimum Gasteiger partial charge on any atom is -0.480 e. The summed E-state index contributed by atoms with van der Waals surface area (Å²) in [5.74, 6) is -3.09. The van der Waals surface area contributed by atoms with E-state index in [1.165, 1.54) is 0 Å². The first-order valence-electron chi connectivity index (χ1n) is 14.5. The molecule has 11 N–H and O–H groups in total. The maximum absolute atomic E-state index is 13.4. The zero-order valence-electron chi connectivity index (χ0n) is 24.2. The zero-order valence-corrected chi connectivity index (χ0v) is 24.2. The van der Waals surface area contributed by atoms with Crippen LogP contribution in [-0.4, -0.2) is 71.0 Å². The van der Waals surface area contributed by atoms with Gasteiger partial charge in [-0.15, -0.1) is 0 Å². The first-order chi connectivity index (χ1) is 19.6. The summed E-state index contributed by atoms with van der Waals surface area (Å²) >= 11 is 0. The van der Waals surface area contributed by atoms with E-state index >= 15 is 0 Å². The number of carboxylic acid groups (broad SMARTS) is 1. The Bertz CT molecular complexity index is 1140. The van der Waals surface area contributed by atoms with Crippen LogP contribution in [0.25, 0.3) is 10.9 Å². The van der Waals surface area contributed by atoms with Crippen LogP contribution in [0.15, 0.2) is 30.5 Å². The molecule has 0 fully saturated rings. The number of carboxylic acids is 1. The molecule has 0 aliphatic rings. The van der Waals surface area contributed by atoms with E-state index < -0.39 is 47.9 Å². The van der Waals surface area contributed by atoms with Crippen molar-refractivity contribution in [1.82, 2.24) is 20.9 Å². The highest BCUT2D eigenvalue weighted by Crippen LogP contribution is 2.19. The number of nitrogens with one attached hydrogen (secondary N) is 4. The summed E-state index contributed by atoms with van der Waals surface area (Å²) in [5, 5.41) is 18.9. The molecule has 0 aliphatic heterocycles. The number of hydrogen-bond acceptors (Lipinski definition) is 7. The third-order valence-electron chi connectivity index (χ3n) is 7.39. The third-order valence-corrected chi connectivity index (χ3v) is 7.39. The SMILES string of the molecule is CCC(C)C(NC(=O)C(CCCCN)NC(=O)C(N)CCCCN)C(=O)NC(Cc1c[nH]c2ccccc12)C(=O)O. The number of benzene rings is 1. The van der Waals surface area contributed by atoms with Crippen LogP contribution in [0.5, 0.6) is 0 Å². The largest absolute Gasteiger partial charge is 0.480 e. The molecule has 12 nitrogen and oxygen atoms in total. The number of rotatable bonds is 19. The highest BCUT2D eigenvalue weighted by atomic mass is 16.4. The number of aromatic nitrogens is 1. The molecule has 3 amide bonds. The van der Waals surface area contributed by atoms with E-state index in [2.05, 4.69) is 20.9 Å². The predicted octanol–water partition coefficient (Wildman–Crippen LogP) is 0.881. The average molecular weight is 574 g/mol. The normalized spacial score (nSPS) is 15.0. The second kappa shape index (κ2) is 17.4. The Labute approximate surface area is 241 Å². The van der Waals surface area contributed by atoms with Gasteiger partial charge in [0.15, 0.2) is 0 Å². The molecule has 0 aliphatic carbocycles. The van der Waals surface area contributed by atoms with E-state index in [1.54, 1.807) is 13.1 Å². The van der Waals surface area contributed by atoms with E-state index in [4.69, 9.17) is 17.2 Å². The minimum absolute atomic E-state index is 0.0616. The molecule has 2 rings (SSSR count). The highest BCUT2D eigenvalue weighted by Gasteiger charge is 2.33. The van der Waals surface area contributed by atoms with Crippen LogP contribution in [0.4, 0.5) is 0 Å². The van der Waals surface area contributed by atoms with Crippen molar-refractivity contribution < 1.29 is 24.3 Å². The molecule has 41 heavy (non-hydrogen) atoms. The highest BCUT2D eigenvalue weighted by molar-refractivity contribution is 5.94. The summed E-state index contributed by atoms with van der Waals surface area (Å²) < 4.78 is 0. The monoisotopic (exact) mass is 573 g/mol. The maximum atomic E-state index is 13.4. The summed E-state index contributed by atoms with van der Waals surface area (Å²) in [5.41, 5.74) is 18.8. The topological polar surface area (TPSA) is 218 Å². The van der Waals surface area contributed by atoms with Gasteiger partial charge < -0.3 is 43.2 Å². The van der Waals surface area contributed by atoms with Gasteiger partial charge in [-0.3, -0.25) is 14.4 Å². The Morgan fingerprint density at radius 2 is 1.51 bits per heavy atom. The Kier molecular flexibility index (Phi) is 14.3. The third kappa shape index (κ3) is 10.5. The quantitative estimate of drug-likeness (QED) is 0.112. The van der Waals surface area contributed by atoms with Gasteiger partial charge in [0.1, 0.15) is 18.1 Å². The maximum Gasteiger partial charge on any atom is 0.326 e. The van der Waals surface area contributed by atoms with Crippen molar-refractivity contribution in [3.05, 3.63) is 36.0 Å². The number of para-hydroxylation sites is 1. The van der Waals surface area contributed by atoms with E-state index in [9.17, 15) is 24.3 Å². The molecule has 0 spiro atoms. The van der Waals surface area contributed by atoms with Crippen molar-refractivity contribution in [2.45, 2.75) is 89.4 Å². The van der Waals surface area contributed by atoms with Crippen LogP contribution in [0.1, 0.15) is 64.4 Å². The van der Waals surface area contributed by atoms with Crippen molar-refractivity contribution in [2.24, 2.45) is 23.1 Å². The van der Waals surface area contributed by atoms with Gasteiger partial charge >= 0.3 is 5.97 Å². The lowest BCUT2D eigenvalue weighted by atomic mass is 9.96. The summed E-state index contributed by atoms with van der Waals surface area (Å²) in [7, 11) is 0. The molecule has 5 atom stereocenters. The van der Waals surface area contributed by atoms with E-state index in [0.717, 1.165) is 22.9 Å². The predicted molar refractivity (Wildman–Crippen MR) is 159 cm³/mol. The summed E-state index contributed by atoms with van der Waals surface area (Å²) in [6.07, 6.45) is 5.77. The fraction of sp³-hybridized carbons (Fsp3) is 0.586. The summed E-state index contributed by atoms with van der Waals surface area (Å²) in [4.78, 5) is 54.8. The van der Waals surface area contributed by atoms with Gasteiger partial charge in [0.05, 0.1) is 6.04 Å². The lowest BCUT2D eigenvalue weighted by Gasteiger charge is -2.28. The minimum atomic E-state index is -1.21. The molecule has 0 saturated carbocycles. The van der Waals surface area contributed by atoms with E-state index in [-0.39, 0.29) is 12.3 Å². The number of unbranched alkanes of at least 4 members (excludes halogenated alkanes) is 2. The van der Waals surface area contributed by atoms with Crippen molar-refractivity contribution in [2.75, 3.05) is 13.1 Å². The van der Waals surface area contributed by atoms with Gasteiger partial charge in [-0.2, -0.15) is 0 Å². The molecule has 5 unspecified atom stereocenters. The summed E-state index contributed by atoms with van der Waals surface area (Å²) in [6, 6.07) is 3.57. The fourth-order valence-corrected chi connectivity index (χ4v) is 4.62. The van der Waals surface area contributed by atoms with Gasteiger partial charge in [0.2, 0.25) is 17.7 Å². The smallest absolute Gasteiger partial charge is 0.326 e. The zero-order chi connectivity index (χ0) is 30.4. The molecule has 12 heteroatoms. The Morgan fingerprint density at radius 1 is 0.878 bits per heavy atom. The molecule has 1 aromatic heterocycles. The second-order valence-corrected chi connectivity index (χ2v) is 10.6. The van der Waals surface area contributed by atoms with Crippen molar-refractivity contribution >= 4 is 34.6 Å². The van der Waals surface area contributed by atoms with Gasteiger partial charge in [-0.1, -0.05) is 44.9 Å². The number of nitrogens with two attached hydrogens (primary N) is 3. The Balaban J connectivity index is 2.16. The lowest BCUT2D eigenvalue weighted by Crippen LogP contribution is -2.58. The summed E-state index contributed by atoms with van der Waals surface area (Å²) in [6.45, 7) is 4.61. The molecule has 0 bridgehead atoms. The van der Waals surface area contributed by atoms with Crippen LogP contribution in [-0.2, 0) is 25.6 Å². The van der Waals surface area contributed by atoms with Crippen molar-refractivity contribution in [3.63, 3.8) is 0 Å². The molecule has 1 aromatic carbocycles. The van der Waals surface area contributed by atoms with E-state index in [1.807, 2.05) is 31.2 Å². The molecule has 228 valence electrons. The number of H-pyrrole nitrogens is 1. The molecular formula is C29H47N7O5. The number of carbonyl (C=O) groups excluding carboxylic acids is 3. The lowest BCUT2D eigenvalue weighted by molar-refractivity contribution is -0.142. The van der Waals surface area contributed by atoms with Crippen LogP contribution >= 0.6 is 0 Å². The molecule has 1 heterocycles. The van der Waals surface area contributed by atoms with Gasteiger partial charge in [0, 0.05) is 23.5 Å². The first kappa shape index (κ1) is 33.7. The molecule has 0 saturated heterocycles. The van der Waals surface area contributed by atoms with Crippen molar-refractivity contribution in [3.8, 4) is 0 Å². The van der Waals surface area contributed by atoms with Gasteiger partial charge in [-0.05, 0) is 62.7 Å². The Morgan fingerprint density at radius 3 is 2.15 bits per heavy atom. The van der Waals surface area contributed by atoms with Gasteiger partial charge in [0.25, 0.3) is 0 Å². The van der Waals surface area contributed by atoms with E-state index in [0.29, 0.717) is 51.6 Å². The average Bonchev–Trinajstić information content (AvgIpc) is 3.37. The fourth-order valence-electron chi connectivity index (χ4n) is 4.62. The molecule has 2 aromatic rings. The van der Waals surface area contributed by atoms with Crippen LogP contribution < -0.4 is 33.2 Å². The number of carbonyl (C=O) groups is 4. The number of hydrogen-bond donors (Lipinski definition) is 8. The van der Waals surface area contributed by atoms with Crippen molar-refractivity contribution in [1.29, 1.82) is 0 Å². The number of aliphatic carboxylic acids is 1. The molecule has 0 radical (unpaired) electrons. The first-order valence-corrected chi connectivity index (χ1v) is 14.5. The number of aromatic amines is 1. The van der Waals surface area contributed by atoms with Crippen LogP contribution in [0, 0.1) is 5.92 Å². The number of fused-ring (bicyclic) bond motifs is 1. The Hall–Kier alpha value is -3.48. The number of amides is 3. The van der Waals surface area contributed by atoms with Gasteiger partial charge in [-0.25, -0.2) is 4.79 Å².